The Kier molecular flexibility index (Phi) is 6.51. The molecule has 4 rings (SSSR count). The highest BCUT2D eigenvalue weighted by molar-refractivity contribution is 7.09. The van der Waals surface area contributed by atoms with Gasteiger partial charge in [-0.05, 0) is 65.9 Å². The van der Waals surface area contributed by atoms with Crippen LogP contribution in [0.15, 0.2) is 72.1 Å². The van der Waals surface area contributed by atoms with Crippen LogP contribution in [0.2, 0.25) is 5.02 Å². The summed E-state index contributed by atoms with van der Waals surface area (Å²) < 4.78 is 1.93. The minimum Gasteiger partial charge on any atom is -0.280 e. The molecule has 0 fully saturated rings. The number of benzene rings is 2. The van der Waals surface area contributed by atoms with Crippen molar-refractivity contribution in [2.75, 3.05) is 0 Å². The predicted molar refractivity (Wildman–Crippen MR) is 126 cm³/mol. The second kappa shape index (κ2) is 9.30. The van der Waals surface area contributed by atoms with Crippen molar-refractivity contribution in [3.63, 3.8) is 0 Å². The van der Waals surface area contributed by atoms with Gasteiger partial charge in [0.15, 0.2) is 5.82 Å². The molecule has 0 N–H and O–H groups in total. The molecule has 0 radical (unpaired) electrons. The van der Waals surface area contributed by atoms with Crippen LogP contribution < -0.4 is 0 Å². The number of hydrogen-bond donors (Lipinski definition) is 0. The number of tetrazole rings is 1. The predicted octanol–water partition coefficient (Wildman–Crippen LogP) is 5.93. The van der Waals surface area contributed by atoms with Crippen LogP contribution in [0.4, 0.5) is 0 Å². The van der Waals surface area contributed by atoms with E-state index in [1.807, 2.05) is 22.9 Å². The van der Waals surface area contributed by atoms with Crippen molar-refractivity contribution >= 4 is 22.9 Å². The number of nitrogens with zero attached hydrogens (tertiary/aromatic N) is 5. The Hall–Kier alpha value is -2.54. The van der Waals surface area contributed by atoms with Crippen molar-refractivity contribution in [2.45, 2.75) is 45.4 Å². The van der Waals surface area contributed by atoms with Crippen LogP contribution in [0, 0.1) is 0 Å². The smallest absolute Gasteiger partial charge is 0.173 e. The molecule has 4 aromatic rings. The molecular weight excluding hydrogens is 426 g/mol. The molecule has 0 spiro atoms. The van der Waals surface area contributed by atoms with E-state index in [4.69, 9.17) is 11.6 Å². The van der Waals surface area contributed by atoms with Crippen molar-refractivity contribution in [3.05, 3.63) is 99.0 Å². The molecule has 0 saturated carbocycles. The van der Waals surface area contributed by atoms with Gasteiger partial charge in [-0.15, -0.1) is 16.4 Å². The molecule has 2 aromatic heterocycles. The van der Waals surface area contributed by atoms with Gasteiger partial charge in [0.2, 0.25) is 0 Å². The van der Waals surface area contributed by atoms with E-state index >= 15 is 0 Å². The first kappa shape index (κ1) is 21.7. The first-order valence-corrected chi connectivity index (χ1v) is 11.5. The summed E-state index contributed by atoms with van der Waals surface area (Å²) in [6.07, 6.45) is 0. The monoisotopic (exact) mass is 451 g/mol. The summed E-state index contributed by atoms with van der Waals surface area (Å²) in [5, 5.41) is 15.7. The van der Waals surface area contributed by atoms with Crippen LogP contribution in [-0.4, -0.2) is 25.1 Å². The number of aromatic nitrogens is 4. The van der Waals surface area contributed by atoms with E-state index in [1.54, 1.807) is 11.3 Å². The topological polar surface area (TPSA) is 46.8 Å². The van der Waals surface area contributed by atoms with Gasteiger partial charge < -0.3 is 0 Å². The fourth-order valence-corrected chi connectivity index (χ4v) is 4.53. The molecule has 0 aliphatic heterocycles. The van der Waals surface area contributed by atoms with Gasteiger partial charge in [-0.2, -0.15) is 0 Å². The van der Waals surface area contributed by atoms with Gasteiger partial charge in [-0.25, -0.2) is 4.68 Å². The average Bonchev–Trinajstić information content (AvgIpc) is 3.42. The van der Waals surface area contributed by atoms with Crippen LogP contribution in [-0.2, 0) is 18.6 Å². The van der Waals surface area contributed by atoms with Crippen LogP contribution in [0.5, 0.6) is 0 Å². The Morgan fingerprint density at radius 2 is 1.71 bits per heavy atom. The Morgan fingerprint density at radius 3 is 2.35 bits per heavy atom. The zero-order valence-corrected chi connectivity index (χ0v) is 19.5. The van der Waals surface area contributed by atoms with E-state index < -0.39 is 0 Å². The minimum absolute atomic E-state index is 0.131. The molecule has 0 amide bonds. The lowest BCUT2D eigenvalue weighted by molar-refractivity contribution is 0.187. The maximum atomic E-state index is 6.21. The first-order valence-electron chi connectivity index (χ1n) is 10.3. The van der Waals surface area contributed by atoms with Gasteiger partial charge in [0.1, 0.15) is 0 Å². The van der Waals surface area contributed by atoms with Gasteiger partial charge in [0.05, 0.1) is 11.6 Å². The standard InChI is InChI=1S/C24H26ClN5S/c1-24(2,3)30-23(26-27-28-30)22(19-11-13-20(25)14-12-19)29(17-21-10-7-15-31-21)16-18-8-5-4-6-9-18/h4-15,22H,16-17H2,1-3H3/t22-/m1/s1. The van der Waals surface area contributed by atoms with E-state index in [9.17, 15) is 0 Å². The summed E-state index contributed by atoms with van der Waals surface area (Å²) >= 11 is 7.97. The summed E-state index contributed by atoms with van der Waals surface area (Å²) in [6, 6.07) is 22.7. The van der Waals surface area contributed by atoms with Crippen molar-refractivity contribution in [2.24, 2.45) is 0 Å². The summed E-state index contributed by atoms with van der Waals surface area (Å²) in [7, 11) is 0. The van der Waals surface area contributed by atoms with Crippen molar-refractivity contribution < 1.29 is 0 Å². The molecule has 0 aliphatic carbocycles. The third kappa shape index (κ3) is 5.21. The average molecular weight is 452 g/mol. The third-order valence-electron chi connectivity index (χ3n) is 5.09. The second-order valence-electron chi connectivity index (χ2n) is 8.54. The lowest BCUT2D eigenvalue weighted by Gasteiger charge is -2.33. The van der Waals surface area contributed by atoms with E-state index in [-0.39, 0.29) is 11.6 Å². The normalized spacial score (nSPS) is 12.9. The van der Waals surface area contributed by atoms with Gasteiger partial charge in [-0.1, -0.05) is 60.1 Å². The van der Waals surface area contributed by atoms with Gasteiger partial charge in [0.25, 0.3) is 0 Å². The summed E-state index contributed by atoms with van der Waals surface area (Å²) in [5.74, 6) is 0.822. The van der Waals surface area contributed by atoms with E-state index in [1.165, 1.54) is 10.4 Å². The Bertz CT molecular complexity index is 1090. The Labute approximate surface area is 192 Å². The summed E-state index contributed by atoms with van der Waals surface area (Å²) in [6.45, 7) is 7.91. The molecule has 2 heterocycles. The van der Waals surface area contributed by atoms with Crippen molar-refractivity contribution in [3.8, 4) is 0 Å². The van der Waals surface area contributed by atoms with Gasteiger partial charge in [0, 0.05) is 23.0 Å². The number of halogens is 1. The van der Waals surface area contributed by atoms with Crippen molar-refractivity contribution in [1.82, 2.24) is 25.1 Å². The molecule has 1 atom stereocenters. The summed E-state index contributed by atoms with van der Waals surface area (Å²) in [4.78, 5) is 3.72. The molecule has 7 heteroatoms. The number of thiophene rings is 1. The fraction of sp³-hybridized carbons (Fsp3) is 0.292. The molecule has 31 heavy (non-hydrogen) atoms. The second-order valence-corrected chi connectivity index (χ2v) is 10.0. The SMILES string of the molecule is CC(C)(C)n1nnnc1[C@@H](c1ccc(Cl)cc1)N(Cc1ccccc1)Cc1cccs1. The summed E-state index contributed by atoms with van der Waals surface area (Å²) in [5.41, 5.74) is 2.11. The fourth-order valence-electron chi connectivity index (χ4n) is 3.67. The van der Waals surface area contributed by atoms with Crippen LogP contribution >= 0.6 is 22.9 Å². The largest absolute Gasteiger partial charge is 0.280 e. The van der Waals surface area contributed by atoms with Gasteiger partial charge >= 0.3 is 0 Å². The molecule has 0 unspecified atom stereocenters. The zero-order valence-electron chi connectivity index (χ0n) is 17.9. The first-order chi connectivity index (χ1) is 14.9. The molecule has 0 bridgehead atoms. The van der Waals surface area contributed by atoms with E-state index in [0.29, 0.717) is 5.02 Å². The molecule has 5 nitrogen and oxygen atoms in total. The van der Waals surface area contributed by atoms with Crippen molar-refractivity contribution in [1.29, 1.82) is 0 Å². The van der Waals surface area contributed by atoms with Gasteiger partial charge in [-0.3, -0.25) is 4.90 Å². The highest BCUT2D eigenvalue weighted by atomic mass is 35.5. The Balaban J connectivity index is 1.83. The third-order valence-corrected chi connectivity index (χ3v) is 6.21. The van der Waals surface area contributed by atoms with Crippen LogP contribution in [0.3, 0.4) is 0 Å². The molecule has 160 valence electrons. The quantitative estimate of drug-likeness (QED) is 0.349. The number of hydrogen-bond acceptors (Lipinski definition) is 5. The lowest BCUT2D eigenvalue weighted by Crippen LogP contribution is -2.34. The highest BCUT2D eigenvalue weighted by Crippen LogP contribution is 2.33. The van der Waals surface area contributed by atoms with Crippen LogP contribution in [0.1, 0.15) is 48.6 Å². The maximum Gasteiger partial charge on any atom is 0.173 e. The lowest BCUT2D eigenvalue weighted by atomic mass is 10.0. The van der Waals surface area contributed by atoms with Crippen LogP contribution in [0.25, 0.3) is 0 Å². The zero-order chi connectivity index (χ0) is 21.8. The maximum absolute atomic E-state index is 6.21. The molecule has 2 aromatic carbocycles. The Morgan fingerprint density at radius 1 is 0.968 bits per heavy atom. The minimum atomic E-state index is -0.245. The molecule has 0 saturated heterocycles. The molecular formula is C24H26ClN5S. The number of rotatable bonds is 7. The van der Waals surface area contributed by atoms with E-state index in [0.717, 1.165) is 24.5 Å². The highest BCUT2D eigenvalue weighted by Gasteiger charge is 2.31. The van der Waals surface area contributed by atoms with E-state index in [2.05, 4.69) is 95.1 Å². The molecule has 0 aliphatic rings.